The zero-order chi connectivity index (χ0) is 17.5. The zero-order valence-electron chi connectivity index (χ0n) is 13.9. The summed E-state index contributed by atoms with van der Waals surface area (Å²) < 4.78 is 55.5. The van der Waals surface area contributed by atoms with Crippen LogP contribution in [0.15, 0.2) is 24.3 Å². The second-order valence-electron chi connectivity index (χ2n) is 6.50. The largest absolute Gasteiger partial charge is 0.429 e. The van der Waals surface area contributed by atoms with E-state index in [1.54, 1.807) is 0 Å². The van der Waals surface area contributed by atoms with Crippen LogP contribution in [0.25, 0.3) is 0 Å². The van der Waals surface area contributed by atoms with E-state index >= 15 is 0 Å². The first-order valence-electron chi connectivity index (χ1n) is 8.53. The van der Waals surface area contributed by atoms with Gasteiger partial charge in [0, 0.05) is 0 Å². The smallest absolute Gasteiger partial charge is 0.387 e. The standard InChI is InChI=1S/C19H24F4O/c1-2-3-4-13-5-7-14(8-6-13)9-10-15-11-16(20)18(17(21)12-15)24-19(22)23/h2-3,11-14,19H,4-10H2,1H3/b3-2+/t13-,14-. The van der Waals surface area contributed by atoms with Crippen molar-refractivity contribution >= 4 is 0 Å². The number of halogens is 4. The molecule has 0 heterocycles. The molecule has 0 spiro atoms. The van der Waals surface area contributed by atoms with E-state index < -0.39 is 24.0 Å². The summed E-state index contributed by atoms with van der Waals surface area (Å²) in [4.78, 5) is 0. The van der Waals surface area contributed by atoms with E-state index in [2.05, 4.69) is 16.9 Å². The number of alkyl halides is 2. The molecule has 0 bridgehead atoms. The Balaban J connectivity index is 1.85. The monoisotopic (exact) mass is 344 g/mol. The van der Waals surface area contributed by atoms with E-state index in [4.69, 9.17) is 0 Å². The molecule has 1 aromatic rings. The van der Waals surface area contributed by atoms with Gasteiger partial charge in [0.25, 0.3) is 0 Å². The van der Waals surface area contributed by atoms with E-state index in [1.807, 2.05) is 6.92 Å². The number of allylic oxidation sites excluding steroid dienone is 2. The number of aryl methyl sites for hydroxylation is 1. The highest BCUT2D eigenvalue weighted by Crippen LogP contribution is 2.34. The maximum Gasteiger partial charge on any atom is 0.387 e. The lowest BCUT2D eigenvalue weighted by Gasteiger charge is -2.28. The van der Waals surface area contributed by atoms with Gasteiger partial charge < -0.3 is 4.74 Å². The second-order valence-corrected chi connectivity index (χ2v) is 6.50. The minimum atomic E-state index is -3.24. The van der Waals surface area contributed by atoms with E-state index in [1.165, 1.54) is 12.8 Å². The zero-order valence-corrected chi connectivity index (χ0v) is 13.9. The van der Waals surface area contributed by atoms with Crippen LogP contribution in [0.3, 0.4) is 0 Å². The van der Waals surface area contributed by atoms with Crippen molar-refractivity contribution in [2.75, 3.05) is 0 Å². The fourth-order valence-electron chi connectivity index (χ4n) is 3.41. The molecule has 134 valence electrons. The van der Waals surface area contributed by atoms with Crippen LogP contribution in [0, 0.1) is 23.5 Å². The van der Waals surface area contributed by atoms with E-state index in [0.29, 0.717) is 17.9 Å². The van der Waals surface area contributed by atoms with Crippen LogP contribution in [0.5, 0.6) is 5.75 Å². The topological polar surface area (TPSA) is 9.23 Å². The molecule has 0 amide bonds. The van der Waals surface area contributed by atoms with Crippen LogP contribution in [0.2, 0.25) is 0 Å². The third-order valence-electron chi connectivity index (χ3n) is 4.78. The van der Waals surface area contributed by atoms with Crippen LogP contribution < -0.4 is 4.74 Å². The molecule has 2 rings (SSSR count). The van der Waals surface area contributed by atoms with Crippen LogP contribution in [-0.2, 0) is 6.42 Å². The first-order chi connectivity index (χ1) is 11.5. The Morgan fingerprint density at radius 3 is 2.21 bits per heavy atom. The molecular weight excluding hydrogens is 320 g/mol. The Kier molecular flexibility index (Phi) is 7.13. The summed E-state index contributed by atoms with van der Waals surface area (Å²) in [5.74, 6) is -1.83. The highest BCUT2D eigenvalue weighted by molar-refractivity contribution is 5.31. The lowest BCUT2D eigenvalue weighted by molar-refractivity contribution is -0.0546. The minimum Gasteiger partial charge on any atom is -0.429 e. The quantitative estimate of drug-likeness (QED) is 0.418. The van der Waals surface area contributed by atoms with Gasteiger partial charge in [-0.25, -0.2) is 8.78 Å². The molecule has 1 fully saturated rings. The maximum absolute atomic E-state index is 13.7. The predicted octanol–water partition coefficient (Wildman–Crippen LogP) is 6.27. The van der Waals surface area contributed by atoms with Crippen molar-refractivity contribution < 1.29 is 22.3 Å². The molecule has 0 aliphatic heterocycles. The Hall–Kier alpha value is -1.52. The van der Waals surface area contributed by atoms with Crippen molar-refractivity contribution in [3.05, 3.63) is 41.5 Å². The van der Waals surface area contributed by atoms with Crippen LogP contribution in [0.1, 0.15) is 51.0 Å². The summed E-state index contributed by atoms with van der Waals surface area (Å²) in [7, 11) is 0. The Bertz CT molecular complexity index is 525. The van der Waals surface area contributed by atoms with Gasteiger partial charge in [0.15, 0.2) is 17.4 Å². The van der Waals surface area contributed by atoms with Crippen molar-refractivity contribution in [2.45, 2.75) is 58.5 Å². The fraction of sp³-hybridized carbons (Fsp3) is 0.579. The lowest BCUT2D eigenvalue weighted by Crippen LogP contribution is -2.15. The molecule has 0 N–H and O–H groups in total. The molecule has 5 heteroatoms. The number of hydrogen-bond acceptors (Lipinski definition) is 1. The molecule has 0 radical (unpaired) electrons. The third kappa shape index (κ3) is 5.53. The molecule has 0 saturated heterocycles. The number of hydrogen-bond donors (Lipinski definition) is 0. The van der Waals surface area contributed by atoms with Crippen LogP contribution in [-0.4, -0.2) is 6.61 Å². The van der Waals surface area contributed by atoms with E-state index in [-0.39, 0.29) is 0 Å². The summed E-state index contributed by atoms with van der Waals surface area (Å²) in [5, 5.41) is 0. The van der Waals surface area contributed by atoms with Crippen molar-refractivity contribution in [2.24, 2.45) is 11.8 Å². The van der Waals surface area contributed by atoms with Gasteiger partial charge in [-0.05, 0) is 68.6 Å². The summed E-state index contributed by atoms with van der Waals surface area (Å²) in [5.41, 5.74) is 0.489. The average molecular weight is 344 g/mol. The van der Waals surface area contributed by atoms with Crippen molar-refractivity contribution in [1.82, 2.24) is 0 Å². The summed E-state index contributed by atoms with van der Waals surface area (Å²) in [6.07, 6.45) is 11.5. The van der Waals surface area contributed by atoms with Gasteiger partial charge in [-0.3, -0.25) is 0 Å². The van der Waals surface area contributed by atoms with Gasteiger partial charge in [0.1, 0.15) is 0 Å². The van der Waals surface area contributed by atoms with Crippen LogP contribution in [0.4, 0.5) is 17.6 Å². The van der Waals surface area contributed by atoms with Gasteiger partial charge in [-0.2, -0.15) is 8.78 Å². The van der Waals surface area contributed by atoms with Gasteiger partial charge in [0.05, 0.1) is 0 Å². The molecule has 1 aromatic carbocycles. The molecule has 0 atom stereocenters. The summed E-state index contributed by atoms with van der Waals surface area (Å²) >= 11 is 0. The minimum absolute atomic E-state index is 0.489. The summed E-state index contributed by atoms with van der Waals surface area (Å²) in [6.45, 7) is -1.21. The molecule has 1 aliphatic carbocycles. The number of rotatable bonds is 7. The molecular formula is C19H24F4O. The maximum atomic E-state index is 13.7. The SMILES string of the molecule is C/C=C/C[C@H]1CC[C@H](CCc2cc(F)c(OC(F)F)c(F)c2)CC1. The van der Waals surface area contributed by atoms with Gasteiger partial charge in [-0.1, -0.05) is 25.0 Å². The Morgan fingerprint density at radius 2 is 1.67 bits per heavy atom. The van der Waals surface area contributed by atoms with E-state index in [0.717, 1.165) is 43.7 Å². The molecule has 0 aromatic heterocycles. The number of benzene rings is 1. The first kappa shape index (κ1) is 18.8. The average Bonchev–Trinajstić information content (AvgIpc) is 2.55. The number of ether oxygens (including phenoxy) is 1. The van der Waals surface area contributed by atoms with Crippen molar-refractivity contribution in [1.29, 1.82) is 0 Å². The first-order valence-corrected chi connectivity index (χ1v) is 8.53. The van der Waals surface area contributed by atoms with Crippen LogP contribution >= 0.6 is 0 Å². The summed E-state index contributed by atoms with van der Waals surface area (Å²) in [6, 6.07) is 2.19. The van der Waals surface area contributed by atoms with Gasteiger partial charge in [-0.15, -0.1) is 0 Å². The Labute approximate surface area is 140 Å². The van der Waals surface area contributed by atoms with Gasteiger partial charge >= 0.3 is 6.61 Å². The van der Waals surface area contributed by atoms with Crippen molar-refractivity contribution in [3.8, 4) is 5.75 Å². The molecule has 0 unspecified atom stereocenters. The van der Waals surface area contributed by atoms with Gasteiger partial charge in [0.2, 0.25) is 0 Å². The highest BCUT2D eigenvalue weighted by Gasteiger charge is 2.21. The normalized spacial score (nSPS) is 21.6. The van der Waals surface area contributed by atoms with E-state index in [9.17, 15) is 17.6 Å². The third-order valence-corrected chi connectivity index (χ3v) is 4.78. The second kappa shape index (κ2) is 9.09. The molecule has 24 heavy (non-hydrogen) atoms. The lowest BCUT2D eigenvalue weighted by atomic mass is 9.78. The molecule has 1 saturated carbocycles. The fourth-order valence-corrected chi connectivity index (χ4v) is 3.41. The molecule has 1 aliphatic rings. The van der Waals surface area contributed by atoms with Crippen molar-refractivity contribution in [3.63, 3.8) is 0 Å². The molecule has 1 nitrogen and oxygen atoms in total. The predicted molar refractivity (Wildman–Crippen MR) is 86.2 cm³/mol. The Morgan fingerprint density at radius 1 is 1.08 bits per heavy atom. The highest BCUT2D eigenvalue weighted by atomic mass is 19.3.